The van der Waals surface area contributed by atoms with Crippen molar-refractivity contribution >= 4 is 33.2 Å². The summed E-state index contributed by atoms with van der Waals surface area (Å²) >= 11 is 5.77. The Labute approximate surface area is 147 Å². The lowest BCUT2D eigenvalue weighted by atomic mass is 10.1. The highest BCUT2D eigenvalue weighted by Crippen LogP contribution is 2.16. The molecule has 1 amide bonds. The van der Waals surface area contributed by atoms with E-state index in [0.717, 1.165) is 11.1 Å². The lowest BCUT2D eigenvalue weighted by molar-refractivity contribution is -0.115. The van der Waals surface area contributed by atoms with E-state index in [0.29, 0.717) is 16.3 Å². The molecule has 2 aromatic carbocycles. The van der Waals surface area contributed by atoms with Crippen LogP contribution in [0.3, 0.4) is 0 Å². The fourth-order valence-corrected chi connectivity index (χ4v) is 3.30. The van der Waals surface area contributed by atoms with Crippen LogP contribution in [0.15, 0.2) is 42.5 Å². The Morgan fingerprint density at radius 2 is 1.75 bits per heavy atom. The molecule has 2 N–H and O–H groups in total. The molecule has 0 fully saturated rings. The number of hydrogen-bond donors (Lipinski definition) is 2. The van der Waals surface area contributed by atoms with Gasteiger partial charge in [0.15, 0.2) is 0 Å². The van der Waals surface area contributed by atoms with Crippen LogP contribution in [0.4, 0.5) is 5.69 Å². The van der Waals surface area contributed by atoms with E-state index >= 15 is 0 Å². The average molecular weight is 367 g/mol. The van der Waals surface area contributed by atoms with Gasteiger partial charge in [0.1, 0.15) is 0 Å². The summed E-state index contributed by atoms with van der Waals surface area (Å²) in [5.74, 6) is -0.621. The van der Waals surface area contributed by atoms with Crippen molar-refractivity contribution in [3.63, 3.8) is 0 Å². The van der Waals surface area contributed by atoms with E-state index in [4.69, 9.17) is 11.6 Å². The van der Waals surface area contributed by atoms with Crippen molar-refractivity contribution in [3.05, 3.63) is 64.2 Å². The number of aryl methyl sites for hydroxylation is 2. The van der Waals surface area contributed by atoms with Gasteiger partial charge in [0, 0.05) is 10.7 Å². The molecular weight excluding hydrogens is 348 g/mol. The second-order valence-electron chi connectivity index (χ2n) is 5.57. The Kier molecular flexibility index (Phi) is 5.99. The minimum atomic E-state index is -3.61. The third-order valence-electron chi connectivity index (χ3n) is 3.39. The number of carbonyl (C=O) groups is 1. The molecule has 2 rings (SSSR count). The Morgan fingerprint density at radius 1 is 1.08 bits per heavy atom. The predicted octanol–water partition coefficient (Wildman–Crippen LogP) is 3.01. The van der Waals surface area contributed by atoms with E-state index in [9.17, 15) is 13.2 Å². The van der Waals surface area contributed by atoms with Crippen LogP contribution in [-0.4, -0.2) is 20.9 Å². The number of amides is 1. The number of rotatable bonds is 6. The summed E-state index contributed by atoms with van der Waals surface area (Å²) in [6.07, 6.45) is 0. The molecule has 0 aromatic heterocycles. The van der Waals surface area contributed by atoms with Crippen molar-refractivity contribution < 1.29 is 13.2 Å². The van der Waals surface area contributed by atoms with Crippen molar-refractivity contribution in [1.82, 2.24) is 4.72 Å². The summed E-state index contributed by atoms with van der Waals surface area (Å²) in [6, 6.07) is 12.2. The van der Waals surface area contributed by atoms with Gasteiger partial charge in [-0.05, 0) is 48.7 Å². The van der Waals surface area contributed by atoms with Crippen LogP contribution >= 0.6 is 11.6 Å². The summed E-state index contributed by atoms with van der Waals surface area (Å²) in [5, 5.41) is 3.25. The molecular formula is C17H19ClN2O3S. The van der Waals surface area contributed by atoms with Gasteiger partial charge in [-0.25, -0.2) is 13.1 Å². The van der Waals surface area contributed by atoms with Crippen LogP contribution in [-0.2, 0) is 20.6 Å². The van der Waals surface area contributed by atoms with E-state index in [1.54, 1.807) is 24.3 Å². The van der Waals surface area contributed by atoms with Crippen LogP contribution in [0, 0.1) is 13.8 Å². The fourth-order valence-electron chi connectivity index (χ4n) is 2.09. The first-order valence-corrected chi connectivity index (χ1v) is 9.37. The summed E-state index contributed by atoms with van der Waals surface area (Å²) in [7, 11) is -3.61. The third-order valence-corrected chi connectivity index (χ3v) is 4.94. The van der Waals surface area contributed by atoms with Crippen molar-refractivity contribution in [3.8, 4) is 0 Å². The maximum Gasteiger partial charge on any atom is 0.239 e. The number of anilines is 1. The van der Waals surface area contributed by atoms with Gasteiger partial charge in [-0.3, -0.25) is 4.79 Å². The fraction of sp³-hybridized carbons (Fsp3) is 0.235. The van der Waals surface area contributed by atoms with Crippen molar-refractivity contribution in [2.45, 2.75) is 19.6 Å². The minimum Gasteiger partial charge on any atom is -0.325 e. The summed E-state index contributed by atoms with van der Waals surface area (Å²) < 4.78 is 26.4. The van der Waals surface area contributed by atoms with Gasteiger partial charge in [0.2, 0.25) is 15.9 Å². The smallest absolute Gasteiger partial charge is 0.239 e. The molecule has 0 bridgehead atoms. The van der Waals surface area contributed by atoms with Crippen LogP contribution in [0.1, 0.15) is 16.7 Å². The van der Waals surface area contributed by atoms with Crippen LogP contribution < -0.4 is 10.0 Å². The summed E-state index contributed by atoms with van der Waals surface area (Å²) in [6.45, 7) is 3.48. The highest BCUT2D eigenvalue weighted by Gasteiger charge is 2.14. The molecule has 128 valence electrons. The molecule has 0 heterocycles. The summed E-state index contributed by atoms with van der Waals surface area (Å²) in [5.41, 5.74) is 3.20. The van der Waals surface area contributed by atoms with Gasteiger partial charge in [0.25, 0.3) is 0 Å². The van der Waals surface area contributed by atoms with Gasteiger partial charge in [-0.1, -0.05) is 35.9 Å². The van der Waals surface area contributed by atoms with E-state index in [1.165, 1.54) is 0 Å². The molecule has 2 aromatic rings. The zero-order valence-electron chi connectivity index (χ0n) is 13.5. The Morgan fingerprint density at radius 3 is 2.42 bits per heavy atom. The largest absolute Gasteiger partial charge is 0.325 e. The maximum absolute atomic E-state index is 12.0. The molecule has 0 aliphatic rings. The van der Waals surface area contributed by atoms with E-state index in [2.05, 4.69) is 10.0 Å². The molecule has 24 heavy (non-hydrogen) atoms. The van der Waals surface area contributed by atoms with Gasteiger partial charge >= 0.3 is 0 Å². The third kappa shape index (κ3) is 5.63. The van der Waals surface area contributed by atoms with Gasteiger partial charge < -0.3 is 5.32 Å². The number of sulfonamides is 1. The number of hydrogen-bond acceptors (Lipinski definition) is 3. The number of carbonyl (C=O) groups excluding carboxylic acids is 1. The Bertz CT molecular complexity index is 833. The Balaban J connectivity index is 1.92. The molecule has 5 nitrogen and oxygen atoms in total. The van der Waals surface area contributed by atoms with Gasteiger partial charge in [-0.15, -0.1) is 0 Å². The monoisotopic (exact) mass is 366 g/mol. The number of benzene rings is 2. The zero-order chi connectivity index (χ0) is 17.7. The van der Waals surface area contributed by atoms with Crippen molar-refractivity contribution in [2.75, 3.05) is 11.9 Å². The highest BCUT2D eigenvalue weighted by atomic mass is 35.5. The van der Waals surface area contributed by atoms with E-state index < -0.39 is 15.9 Å². The molecule has 0 radical (unpaired) electrons. The first-order chi connectivity index (χ1) is 11.2. The highest BCUT2D eigenvalue weighted by molar-refractivity contribution is 7.88. The first kappa shape index (κ1) is 18.4. The zero-order valence-corrected chi connectivity index (χ0v) is 15.0. The molecule has 0 atom stereocenters. The molecule has 0 aliphatic heterocycles. The average Bonchev–Trinajstić information content (AvgIpc) is 2.51. The predicted molar refractivity (Wildman–Crippen MR) is 96.6 cm³/mol. The van der Waals surface area contributed by atoms with E-state index in [-0.39, 0.29) is 12.3 Å². The van der Waals surface area contributed by atoms with Crippen molar-refractivity contribution in [2.24, 2.45) is 0 Å². The standard InChI is InChI=1S/C17H19ClN2O3S/c1-12-3-4-13(2)16(9-12)20-17(21)10-19-24(22,23)11-14-5-7-15(18)8-6-14/h3-9,19H,10-11H2,1-2H3,(H,20,21). The number of nitrogens with one attached hydrogen (secondary N) is 2. The van der Waals surface area contributed by atoms with Gasteiger partial charge in [0.05, 0.1) is 12.3 Å². The molecule has 0 spiro atoms. The van der Waals surface area contributed by atoms with Crippen LogP contribution in [0.25, 0.3) is 0 Å². The minimum absolute atomic E-state index is 0.207. The second-order valence-corrected chi connectivity index (χ2v) is 7.82. The molecule has 7 heteroatoms. The maximum atomic E-state index is 12.0. The quantitative estimate of drug-likeness (QED) is 0.825. The summed E-state index contributed by atoms with van der Waals surface area (Å²) in [4.78, 5) is 12.0. The normalized spacial score (nSPS) is 11.3. The Hall–Kier alpha value is -1.89. The van der Waals surface area contributed by atoms with Crippen molar-refractivity contribution in [1.29, 1.82) is 0 Å². The molecule has 0 saturated carbocycles. The van der Waals surface area contributed by atoms with Gasteiger partial charge in [-0.2, -0.15) is 0 Å². The van der Waals surface area contributed by atoms with E-state index in [1.807, 2.05) is 32.0 Å². The molecule has 0 unspecified atom stereocenters. The second kappa shape index (κ2) is 7.79. The lowest BCUT2D eigenvalue weighted by Crippen LogP contribution is -2.33. The molecule has 0 saturated heterocycles. The lowest BCUT2D eigenvalue weighted by Gasteiger charge is -2.10. The number of halogens is 1. The topological polar surface area (TPSA) is 75.3 Å². The molecule has 0 aliphatic carbocycles. The van der Waals surface area contributed by atoms with Crippen LogP contribution in [0.5, 0.6) is 0 Å². The van der Waals surface area contributed by atoms with Crippen LogP contribution in [0.2, 0.25) is 5.02 Å². The SMILES string of the molecule is Cc1ccc(C)c(NC(=O)CNS(=O)(=O)Cc2ccc(Cl)cc2)c1. The first-order valence-electron chi connectivity index (χ1n) is 7.34.